The summed E-state index contributed by atoms with van der Waals surface area (Å²) in [6, 6.07) is 21.1. The molecule has 0 fully saturated rings. The van der Waals surface area contributed by atoms with Gasteiger partial charge in [-0.15, -0.1) is 0 Å². The Bertz CT molecular complexity index is 1300. The van der Waals surface area contributed by atoms with E-state index < -0.39 is 0 Å². The van der Waals surface area contributed by atoms with Gasteiger partial charge < -0.3 is 9.80 Å². The van der Waals surface area contributed by atoms with Crippen LogP contribution < -0.4 is 0 Å². The molecule has 168 valence electrons. The van der Waals surface area contributed by atoms with Crippen LogP contribution in [-0.4, -0.2) is 51.2 Å². The number of benzene rings is 2. The molecule has 33 heavy (non-hydrogen) atoms. The van der Waals surface area contributed by atoms with Crippen molar-refractivity contribution in [2.24, 2.45) is 0 Å². The highest BCUT2D eigenvalue weighted by molar-refractivity contribution is 6.06. The lowest BCUT2D eigenvalue weighted by molar-refractivity contribution is 0.0744. The van der Waals surface area contributed by atoms with Gasteiger partial charge in [0.05, 0.1) is 11.0 Å². The quantitative estimate of drug-likeness (QED) is 0.382. The summed E-state index contributed by atoms with van der Waals surface area (Å²) in [5.41, 5.74) is 3.08. The van der Waals surface area contributed by atoms with Gasteiger partial charge in [0.2, 0.25) is 0 Å². The average Bonchev–Trinajstić information content (AvgIpc) is 2.87. The Morgan fingerprint density at radius 2 is 1.09 bits per heavy atom. The first-order valence-electron chi connectivity index (χ1n) is 11.4. The van der Waals surface area contributed by atoms with Gasteiger partial charge in [0.25, 0.3) is 11.8 Å². The minimum Gasteiger partial charge on any atom is -0.338 e. The number of rotatable bonds is 7. The number of pyridine rings is 2. The van der Waals surface area contributed by atoms with Gasteiger partial charge in [-0.25, -0.2) is 9.97 Å². The molecule has 2 heterocycles. The second-order valence-electron chi connectivity index (χ2n) is 7.88. The zero-order valence-corrected chi connectivity index (χ0v) is 19.3. The van der Waals surface area contributed by atoms with Gasteiger partial charge >= 0.3 is 0 Å². The first kappa shape index (κ1) is 22.4. The van der Waals surface area contributed by atoms with Crippen LogP contribution in [-0.2, 0) is 6.54 Å². The van der Waals surface area contributed by atoms with E-state index in [1.54, 1.807) is 21.9 Å². The molecule has 4 rings (SSSR count). The summed E-state index contributed by atoms with van der Waals surface area (Å²) < 4.78 is 0. The molecule has 0 radical (unpaired) electrons. The fourth-order valence-electron chi connectivity index (χ4n) is 3.97. The van der Waals surface area contributed by atoms with Crippen LogP contribution in [0.1, 0.15) is 47.3 Å². The van der Waals surface area contributed by atoms with Crippen LogP contribution in [0.3, 0.4) is 0 Å². The van der Waals surface area contributed by atoms with Gasteiger partial charge in [0.15, 0.2) is 0 Å². The van der Waals surface area contributed by atoms with Crippen molar-refractivity contribution in [3.63, 3.8) is 0 Å². The molecule has 0 unspecified atom stereocenters. The van der Waals surface area contributed by atoms with Crippen molar-refractivity contribution in [3.8, 4) is 0 Å². The molecule has 0 atom stereocenters. The van der Waals surface area contributed by atoms with E-state index in [1.807, 2.05) is 75.4 Å². The Kier molecular flexibility index (Phi) is 6.63. The molecule has 0 aliphatic heterocycles. The highest BCUT2D eigenvalue weighted by atomic mass is 16.2. The summed E-state index contributed by atoms with van der Waals surface area (Å²) in [6.07, 6.45) is 0. The maximum atomic E-state index is 13.3. The highest BCUT2D eigenvalue weighted by Crippen LogP contribution is 2.24. The molecule has 4 aromatic rings. The largest absolute Gasteiger partial charge is 0.338 e. The third-order valence-corrected chi connectivity index (χ3v) is 5.89. The molecule has 6 heteroatoms. The molecule has 0 spiro atoms. The number of carbonyl (C=O) groups excluding carboxylic acids is 2. The lowest BCUT2D eigenvalue weighted by Crippen LogP contribution is -2.31. The summed E-state index contributed by atoms with van der Waals surface area (Å²) in [6.45, 7) is 8.20. The normalized spacial score (nSPS) is 11.0. The van der Waals surface area contributed by atoms with Gasteiger partial charge in [-0.2, -0.15) is 0 Å². The van der Waals surface area contributed by atoms with Gasteiger partial charge in [0, 0.05) is 37.0 Å². The molecule has 0 bridgehead atoms. The van der Waals surface area contributed by atoms with Crippen LogP contribution in [0, 0.1) is 0 Å². The molecule has 0 aliphatic carbocycles. The van der Waals surface area contributed by atoms with E-state index in [9.17, 15) is 9.59 Å². The summed E-state index contributed by atoms with van der Waals surface area (Å²) in [5, 5.41) is 1.76. The summed E-state index contributed by atoms with van der Waals surface area (Å²) in [7, 11) is 0. The Morgan fingerprint density at radius 1 is 0.636 bits per heavy atom. The van der Waals surface area contributed by atoms with E-state index in [4.69, 9.17) is 4.98 Å². The first-order valence-corrected chi connectivity index (χ1v) is 11.4. The van der Waals surface area contributed by atoms with Crippen LogP contribution in [0.4, 0.5) is 0 Å². The number of carbonyl (C=O) groups is 2. The molecule has 6 nitrogen and oxygen atoms in total. The van der Waals surface area contributed by atoms with Gasteiger partial charge in [-0.05, 0) is 38.5 Å². The maximum Gasteiger partial charge on any atom is 0.272 e. The lowest BCUT2D eigenvalue weighted by atomic mass is 10.1. The average molecular weight is 441 g/mol. The molecule has 0 saturated carbocycles. The number of fused-ring (bicyclic) bond motifs is 3. The van der Waals surface area contributed by atoms with Crippen LogP contribution >= 0.6 is 0 Å². The highest BCUT2D eigenvalue weighted by Gasteiger charge is 2.19. The minimum absolute atomic E-state index is 0.105. The third-order valence-electron chi connectivity index (χ3n) is 5.89. The van der Waals surface area contributed by atoms with Crippen LogP contribution in [0.25, 0.3) is 21.8 Å². The van der Waals surface area contributed by atoms with E-state index in [1.165, 1.54) is 0 Å². The first-order chi connectivity index (χ1) is 16.0. The summed E-state index contributed by atoms with van der Waals surface area (Å²) in [4.78, 5) is 39.0. The van der Waals surface area contributed by atoms with Crippen molar-refractivity contribution in [3.05, 3.63) is 83.7 Å². The van der Waals surface area contributed by atoms with Gasteiger partial charge in [-0.1, -0.05) is 54.6 Å². The van der Waals surface area contributed by atoms with E-state index in [0.717, 1.165) is 16.3 Å². The SMILES string of the molecule is CCN(CC)C(=O)c1ccc2ccc3ccc(C(=O)N(CC)Cc4ccccc4)nc3c2n1. The predicted molar refractivity (Wildman–Crippen MR) is 131 cm³/mol. The fourth-order valence-corrected chi connectivity index (χ4v) is 3.97. The maximum absolute atomic E-state index is 13.3. The van der Waals surface area contributed by atoms with Crippen LogP contribution in [0.5, 0.6) is 0 Å². The number of aromatic nitrogens is 2. The second kappa shape index (κ2) is 9.77. The van der Waals surface area contributed by atoms with Crippen molar-refractivity contribution in [2.75, 3.05) is 19.6 Å². The Hall–Kier alpha value is -3.80. The Morgan fingerprint density at radius 3 is 1.58 bits per heavy atom. The van der Waals surface area contributed by atoms with E-state index in [-0.39, 0.29) is 11.8 Å². The molecule has 2 aromatic carbocycles. The molecule has 0 N–H and O–H groups in total. The molecule has 0 saturated heterocycles. The molecule has 2 aromatic heterocycles. The number of hydrogen-bond donors (Lipinski definition) is 0. The van der Waals surface area contributed by atoms with Gasteiger partial charge in [-0.3, -0.25) is 9.59 Å². The molecular formula is C27H28N4O2. The zero-order valence-electron chi connectivity index (χ0n) is 19.3. The minimum atomic E-state index is -0.129. The summed E-state index contributed by atoms with van der Waals surface area (Å²) >= 11 is 0. The van der Waals surface area contributed by atoms with Crippen molar-refractivity contribution in [1.82, 2.24) is 19.8 Å². The number of amides is 2. The Balaban J connectivity index is 1.74. The smallest absolute Gasteiger partial charge is 0.272 e. The van der Waals surface area contributed by atoms with E-state index in [0.29, 0.717) is 48.6 Å². The van der Waals surface area contributed by atoms with E-state index >= 15 is 0 Å². The predicted octanol–water partition coefficient (Wildman–Crippen LogP) is 4.93. The number of hydrogen-bond acceptors (Lipinski definition) is 4. The Labute approximate surface area is 193 Å². The van der Waals surface area contributed by atoms with Crippen molar-refractivity contribution in [1.29, 1.82) is 0 Å². The third kappa shape index (κ3) is 4.55. The summed E-state index contributed by atoms with van der Waals surface area (Å²) in [5.74, 6) is -0.234. The van der Waals surface area contributed by atoms with Crippen molar-refractivity contribution in [2.45, 2.75) is 27.3 Å². The second-order valence-corrected chi connectivity index (χ2v) is 7.88. The lowest BCUT2D eigenvalue weighted by Gasteiger charge is -2.21. The van der Waals surface area contributed by atoms with Crippen LogP contribution in [0.2, 0.25) is 0 Å². The topological polar surface area (TPSA) is 66.4 Å². The zero-order chi connectivity index (χ0) is 23.4. The van der Waals surface area contributed by atoms with Crippen LogP contribution in [0.15, 0.2) is 66.7 Å². The molecule has 2 amide bonds. The molecular weight excluding hydrogens is 412 g/mol. The molecule has 0 aliphatic rings. The van der Waals surface area contributed by atoms with Crippen molar-refractivity contribution >= 4 is 33.6 Å². The van der Waals surface area contributed by atoms with Crippen molar-refractivity contribution < 1.29 is 9.59 Å². The number of nitrogens with zero attached hydrogens (tertiary/aromatic N) is 4. The monoisotopic (exact) mass is 440 g/mol. The van der Waals surface area contributed by atoms with E-state index in [2.05, 4.69) is 4.98 Å². The standard InChI is InChI=1S/C27H28N4O2/c1-4-30(5-2)26(32)22-16-14-20-12-13-21-15-17-23(29-25(21)24(20)28-22)27(33)31(6-3)18-19-10-8-7-9-11-19/h7-17H,4-6,18H2,1-3H3. The van der Waals surface area contributed by atoms with Gasteiger partial charge in [0.1, 0.15) is 11.4 Å². The fraction of sp³-hybridized carbons (Fsp3) is 0.259.